The minimum absolute atomic E-state index is 0.160. The van der Waals surface area contributed by atoms with Crippen molar-refractivity contribution >= 4 is 16.8 Å². The number of esters is 1. The Morgan fingerprint density at radius 2 is 1.93 bits per heavy atom. The van der Waals surface area contributed by atoms with E-state index in [0.29, 0.717) is 5.75 Å². The van der Waals surface area contributed by atoms with Gasteiger partial charge in [0.05, 0.1) is 6.42 Å². The van der Waals surface area contributed by atoms with Crippen LogP contribution in [0.1, 0.15) is 47.5 Å². The van der Waals surface area contributed by atoms with Crippen LogP contribution in [-0.2, 0) is 20.3 Å². The van der Waals surface area contributed by atoms with Crippen LogP contribution in [0, 0.1) is 0 Å². The van der Waals surface area contributed by atoms with Gasteiger partial charge in [-0.2, -0.15) is 0 Å². The van der Waals surface area contributed by atoms with Gasteiger partial charge in [0.2, 0.25) is 0 Å². The SMILES string of the molecule is CCC(C)S(=O)CCC(=O)OC(C)(C)C. The van der Waals surface area contributed by atoms with E-state index in [0.717, 1.165) is 6.42 Å². The first kappa shape index (κ1) is 14.6. The smallest absolute Gasteiger partial charge is 0.307 e. The molecule has 15 heavy (non-hydrogen) atoms. The Morgan fingerprint density at radius 3 is 2.33 bits per heavy atom. The number of hydrogen-bond acceptors (Lipinski definition) is 3. The Kier molecular flexibility index (Phi) is 6.10. The molecule has 0 heterocycles. The molecule has 0 aliphatic heterocycles. The van der Waals surface area contributed by atoms with Crippen LogP contribution in [0.3, 0.4) is 0 Å². The van der Waals surface area contributed by atoms with Crippen LogP contribution in [0.2, 0.25) is 0 Å². The van der Waals surface area contributed by atoms with E-state index in [-0.39, 0.29) is 17.6 Å². The van der Waals surface area contributed by atoms with Crippen molar-refractivity contribution < 1.29 is 13.7 Å². The zero-order valence-corrected chi connectivity index (χ0v) is 11.1. The summed E-state index contributed by atoms with van der Waals surface area (Å²) in [7, 11) is -0.915. The lowest BCUT2D eigenvalue weighted by atomic mass is 10.2. The van der Waals surface area contributed by atoms with Crippen molar-refractivity contribution in [2.45, 2.75) is 58.3 Å². The molecular formula is C11H22O3S. The molecule has 0 aromatic rings. The summed E-state index contributed by atoms with van der Waals surface area (Å²) in [6.45, 7) is 9.42. The number of carbonyl (C=O) groups excluding carboxylic acids is 1. The molecule has 0 radical (unpaired) electrons. The van der Waals surface area contributed by atoms with Gasteiger partial charge in [-0.1, -0.05) is 13.8 Å². The minimum Gasteiger partial charge on any atom is -0.460 e. The Morgan fingerprint density at radius 1 is 1.40 bits per heavy atom. The first-order chi connectivity index (χ1) is 6.76. The molecule has 0 amide bonds. The lowest BCUT2D eigenvalue weighted by Gasteiger charge is -2.19. The molecule has 0 saturated carbocycles. The molecule has 0 spiro atoms. The van der Waals surface area contributed by atoms with E-state index in [1.165, 1.54) is 0 Å². The maximum atomic E-state index is 11.5. The highest BCUT2D eigenvalue weighted by atomic mass is 32.2. The minimum atomic E-state index is -0.915. The molecule has 3 nitrogen and oxygen atoms in total. The lowest BCUT2D eigenvalue weighted by molar-refractivity contribution is -0.154. The third-order valence-electron chi connectivity index (χ3n) is 1.95. The van der Waals surface area contributed by atoms with E-state index < -0.39 is 16.4 Å². The standard InChI is InChI=1S/C11H22O3S/c1-6-9(2)15(13)8-7-10(12)14-11(3,4)5/h9H,6-8H2,1-5H3. The van der Waals surface area contributed by atoms with Crippen LogP contribution in [0.5, 0.6) is 0 Å². The largest absolute Gasteiger partial charge is 0.460 e. The third-order valence-corrected chi connectivity index (χ3v) is 3.79. The second-order valence-electron chi connectivity index (χ2n) is 4.64. The van der Waals surface area contributed by atoms with E-state index in [2.05, 4.69) is 0 Å². The molecule has 0 N–H and O–H groups in total. The van der Waals surface area contributed by atoms with Gasteiger partial charge in [0.25, 0.3) is 0 Å². The molecule has 90 valence electrons. The molecule has 4 heteroatoms. The van der Waals surface area contributed by atoms with Gasteiger partial charge in [0.1, 0.15) is 5.60 Å². The first-order valence-corrected chi connectivity index (χ1v) is 6.73. The lowest BCUT2D eigenvalue weighted by Crippen LogP contribution is -2.25. The van der Waals surface area contributed by atoms with Crippen LogP contribution in [0.4, 0.5) is 0 Å². The summed E-state index contributed by atoms with van der Waals surface area (Å²) in [6.07, 6.45) is 1.12. The van der Waals surface area contributed by atoms with Crippen LogP contribution in [-0.4, -0.2) is 26.8 Å². The molecule has 0 saturated heterocycles. The van der Waals surface area contributed by atoms with E-state index in [4.69, 9.17) is 4.74 Å². The highest BCUT2D eigenvalue weighted by Crippen LogP contribution is 2.09. The molecule has 0 fully saturated rings. The fourth-order valence-corrected chi connectivity index (χ4v) is 2.11. The quantitative estimate of drug-likeness (QED) is 0.685. The second-order valence-corrected chi connectivity index (χ2v) is 6.61. The zero-order valence-electron chi connectivity index (χ0n) is 10.3. The summed E-state index contributed by atoms with van der Waals surface area (Å²) >= 11 is 0. The number of rotatable bonds is 5. The second kappa shape index (κ2) is 6.26. The molecule has 0 aliphatic rings. The van der Waals surface area contributed by atoms with Gasteiger partial charge in [0, 0.05) is 21.8 Å². The Labute approximate surface area is 95.0 Å². The topological polar surface area (TPSA) is 43.4 Å². The van der Waals surface area contributed by atoms with Gasteiger partial charge < -0.3 is 4.74 Å². The van der Waals surface area contributed by atoms with Gasteiger partial charge in [-0.3, -0.25) is 9.00 Å². The van der Waals surface area contributed by atoms with Crippen LogP contribution in [0.15, 0.2) is 0 Å². The van der Waals surface area contributed by atoms with Crippen molar-refractivity contribution in [1.29, 1.82) is 0 Å². The van der Waals surface area contributed by atoms with Gasteiger partial charge in [-0.15, -0.1) is 0 Å². The van der Waals surface area contributed by atoms with Crippen LogP contribution < -0.4 is 0 Å². The van der Waals surface area contributed by atoms with Crippen LogP contribution >= 0.6 is 0 Å². The first-order valence-electron chi connectivity index (χ1n) is 5.35. The fraction of sp³-hybridized carbons (Fsp3) is 0.909. The predicted octanol–water partition coefficient (Wildman–Crippen LogP) is 2.27. The molecule has 0 rings (SSSR count). The van der Waals surface area contributed by atoms with Crippen LogP contribution in [0.25, 0.3) is 0 Å². The molecule has 0 aromatic carbocycles. The van der Waals surface area contributed by atoms with Crippen molar-refractivity contribution in [2.24, 2.45) is 0 Å². The molecule has 0 bridgehead atoms. The number of carbonyl (C=O) groups is 1. The van der Waals surface area contributed by atoms with Gasteiger partial charge in [-0.25, -0.2) is 0 Å². The Hall–Kier alpha value is -0.380. The van der Waals surface area contributed by atoms with Crippen molar-refractivity contribution in [3.63, 3.8) is 0 Å². The van der Waals surface area contributed by atoms with E-state index >= 15 is 0 Å². The van der Waals surface area contributed by atoms with Crippen molar-refractivity contribution in [2.75, 3.05) is 5.75 Å². The monoisotopic (exact) mass is 234 g/mol. The van der Waals surface area contributed by atoms with Crippen molar-refractivity contribution in [3.05, 3.63) is 0 Å². The predicted molar refractivity (Wildman–Crippen MR) is 63.2 cm³/mol. The van der Waals surface area contributed by atoms with Gasteiger partial charge >= 0.3 is 5.97 Å². The molecule has 2 unspecified atom stereocenters. The average molecular weight is 234 g/mol. The van der Waals surface area contributed by atoms with Crippen molar-refractivity contribution in [3.8, 4) is 0 Å². The summed E-state index contributed by atoms with van der Waals surface area (Å²) in [5.74, 6) is 0.142. The van der Waals surface area contributed by atoms with Gasteiger partial charge in [0.15, 0.2) is 0 Å². The molecule has 0 aliphatic carbocycles. The normalized spacial score (nSPS) is 15.8. The number of ether oxygens (including phenoxy) is 1. The summed E-state index contributed by atoms with van der Waals surface area (Å²) in [6, 6.07) is 0. The van der Waals surface area contributed by atoms with E-state index in [1.807, 2.05) is 34.6 Å². The van der Waals surface area contributed by atoms with E-state index in [9.17, 15) is 9.00 Å². The Bertz CT molecular complexity index is 230. The van der Waals surface area contributed by atoms with E-state index in [1.54, 1.807) is 0 Å². The van der Waals surface area contributed by atoms with Crippen molar-refractivity contribution in [1.82, 2.24) is 0 Å². The molecular weight excluding hydrogens is 212 g/mol. The number of hydrogen-bond donors (Lipinski definition) is 0. The highest BCUT2D eigenvalue weighted by molar-refractivity contribution is 7.85. The zero-order chi connectivity index (χ0) is 12.1. The van der Waals surface area contributed by atoms with Gasteiger partial charge in [-0.05, 0) is 27.2 Å². The summed E-state index contributed by atoms with van der Waals surface area (Å²) in [5.41, 5.74) is -0.449. The molecule has 0 aromatic heterocycles. The summed E-state index contributed by atoms with van der Waals surface area (Å²) in [4.78, 5) is 11.3. The average Bonchev–Trinajstić information content (AvgIpc) is 2.10. The fourth-order valence-electron chi connectivity index (χ4n) is 0.964. The highest BCUT2D eigenvalue weighted by Gasteiger charge is 2.17. The summed E-state index contributed by atoms with van der Waals surface area (Å²) < 4.78 is 16.7. The summed E-state index contributed by atoms with van der Waals surface area (Å²) in [5, 5.41) is 0.160. The molecule has 2 atom stereocenters. The maximum absolute atomic E-state index is 11.5. The third kappa shape index (κ3) is 7.54. The maximum Gasteiger partial charge on any atom is 0.307 e. The Balaban J connectivity index is 3.87.